The van der Waals surface area contributed by atoms with Gasteiger partial charge in [0.15, 0.2) is 9.84 Å². The van der Waals surface area contributed by atoms with Crippen molar-refractivity contribution >= 4 is 25.8 Å². The Balaban J connectivity index is 2.28. The zero-order valence-corrected chi connectivity index (χ0v) is 13.2. The highest BCUT2D eigenvalue weighted by Crippen LogP contribution is 2.33. The second-order valence-corrected chi connectivity index (χ2v) is 8.01. The molecule has 2 N–H and O–H groups in total. The second-order valence-electron chi connectivity index (χ2n) is 4.82. The molecule has 2 rings (SSSR count). The molecule has 0 aliphatic carbocycles. The fourth-order valence-corrected chi connectivity index (χ4v) is 5.08. The molecule has 1 aromatic rings. The van der Waals surface area contributed by atoms with Crippen LogP contribution in [0.25, 0.3) is 0 Å². The maximum atomic E-state index is 12.1. The summed E-state index contributed by atoms with van der Waals surface area (Å²) in [5, 5.41) is -0.471. The van der Waals surface area contributed by atoms with E-state index in [2.05, 4.69) is 15.9 Å². The molecule has 0 amide bonds. The minimum atomic E-state index is -3.07. The van der Waals surface area contributed by atoms with Gasteiger partial charge in [0.05, 0.1) is 22.6 Å². The van der Waals surface area contributed by atoms with E-state index in [4.69, 9.17) is 10.5 Å². The van der Waals surface area contributed by atoms with E-state index in [0.29, 0.717) is 12.2 Å². The van der Waals surface area contributed by atoms with Crippen LogP contribution in [0.2, 0.25) is 0 Å². The van der Waals surface area contributed by atoms with E-state index < -0.39 is 21.1 Å². The van der Waals surface area contributed by atoms with E-state index in [-0.39, 0.29) is 5.75 Å². The van der Waals surface area contributed by atoms with Gasteiger partial charge in [-0.1, -0.05) is 12.5 Å². The third kappa shape index (κ3) is 3.12. The van der Waals surface area contributed by atoms with Crippen LogP contribution in [-0.4, -0.2) is 26.5 Å². The molecule has 106 valence electrons. The number of hydrogen-bond acceptors (Lipinski definition) is 4. The second kappa shape index (κ2) is 5.81. The Morgan fingerprint density at radius 1 is 1.42 bits per heavy atom. The Labute approximate surface area is 122 Å². The topological polar surface area (TPSA) is 69.4 Å². The van der Waals surface area contributed by atoms with Crippen molar-refractivity contribution in [1.29, 1.82) is 0 Å². The van der Waals surface area contributed by atoms with Crippen LogP contribution in [0, 0.1) is 0 Å². The molecule has 1 aromatic carbocycles. The van der Waals surface area contributed by atoms with Crippen LogP contribution in [0.3, 0.4) is 0 Å². The van der Waals surface area contributed by atoms with Gasteiger partial charge in [-0.05, 0) is 46.5 Å². The van der Waals surface area contributed by atoms with E-state index in [0.717, 1.165) is 22.9 Å². The molecule has 0 saturated carbocycles. The molecule has 4 nitrogen and oxygen atoms in total. The zero-order chi connectivity index (χ0) is 14.0. The molecule has 0 aromatic heterocycles. The molecule has 2 atom stereocenters. The zero-order valence-electron chi connectivity index (χ0n) is 10.8. The van der Waals surface area contributed by atoms with Gasteiger partial charge in [-0.15, -0.1) is 0 Å². The smallest absolute Gasteiger partial charge is 0.155 e. The number of methoxy groups -OCH3 is 1. The van der Waals surface area contributed by atoms with Crippen molar-refractivity contribution in [3.05, 3.63) is 28.2 Å². The van der Waals surface area contributed by atoms with Gasteiger partial charge in [0.2, 0.25) is 0 Å². The Bertz CT molecular complexity index is 559. The van der Waals surface area contributed by atoms with Gasteiger partial charge < -0.3 is 10.5 Å². The predicted octanol–water partition coefficient (Wildman–Crippen LogP) is 2.42. The lowest BCUT2D eigenvalue weighted by Crippen LogP contribution is -2.37. The van der Waals surface area contributed by atoms with Crippen molar-refractivity contribution in [2.75, 3.05) is 12.9 Å². The molecule has 6 heteroatoms. The van der Waals surface area contributed by atoms with Crippen LogP contribution >= 0.6 is 15.9 Å². The average Bonchev–Trinajstić information content (AvgIpc) is 2.37. The minimum Gasteiger partial charge on any atom is -0.496 e. The van der Waals surface area contributed by atoms with Crippen LogP contribution in [0.15, 0.2) is 22.7 Å². The first-order valence-electron chi connectivity index (χ1n) is 6.26. The fourth-order valence-electron chi connectivity index (χ4n) is 2.49. The van der Waals surface area contributed by atoms with Crippen molar-refractivity contribution < 1.29 is 13.2 Å². The number of sulfone groups is 1. The highest BCUT2D eigenvalue weighted by molar-refractivity contribution is 9.10. The number of rotatable bonds is 3. The summed E-state index contributed by atoms with van der Waals surface area (Å²) in [7, 11) is -1.48. The summed E-state index contributed by atoms with van der Waals surface area (Å²) in [5.41, 5.74) is 6.99. The molecule has 2 unspecified atom stereocenters. The lowest BCUT2D eigenvalue weighted by atomic mass is 10.0. The first-order valence-corrected chi connectivity index (χ1v) is 8.77. The van der Waals surface area contributed by atoms with E-state index in [9.17, 15) is 8.42 Å². The number of nitrogens with two attached hydrogens (primary N) is 1. The fraction of sp³-hybridized carbons (Fsp3) is 0.538. The molecular formula is C13H18BrNO3S. The third-order valence-electron chi connectivity index (χ3n) is 3.59. The number of hydrogen-bond donors (Lipinski definition) is 1. The molecule has 1 aliphatic heterocycles. The SMILES string of the molecule is COc1ccc(C(N)C2CCCCS2(=O)=O)cc1Br. The maximum absolute atomic E-state index is 12.1. The summed E-state index contributed by atoms with van der Waals surface area (Å²) in [6, 6.07) is 4.99. The monoisotopic (exact) mass is 347 g/mol. The molecule has 1 aliphatic rings. The van der Waals surface area contributed by atoms with Crippen LogP contribution in [0.1, 0.15) is 30.9 Å². The van der Waals surface area contributed by atoms with Gasteiger partial charge in [0.1, 0.15) is 5.75 Å². The summed E-state index contributed by atoms with van der Waals surface area (Å²) in [4.78, 5) is 0. The first-order chi connectivity index (χ1) is 8.95. The first kappa shape index (κ1) is 14.8. The number of benzene rings is 1. The van der Waals surface area contributed by atoms with Gasteiger partial charge >= 0.3 is 0 Å². The van der Waals surface area contributed by atoms with E-state index in [1.54, 1.807) is 13.2 Å². The Hall–Kier alpha value is -0.590. The van der Waals surface area contributed by atoms with E-state index >= 15 is 0 Å². The lowest BCUT2D eigenvalue weighted by Gasteiger charge is -2.28. The summed E-state index contributed by atoms with van der Waals surface area (Å²) < 4.78 is 30.1. The Morgan fingerprint density at radius 3 is 2.74 bits per heavy atom. The molecule has 19 heavy (non-hydrogen) atoms. The largest absolute Gasteiger partial charge is 0.496 e. The number of halogens is 1. The molecular weight excluding hydrogens is 330 g/mol. The van der Waals surface area contributed by atoms with Gasteiger partial charge in [0.25, 0.3) is 0 Å². The van der Waals surface area contributed by atoms with Gasteiger partial charge in [-0.3, -0.25) is 0 Å². The van der Waals surface area contributed by atoms with Crippen molar-refractivity contribution in [3.63, 3.8) is 0 Å². The molecule has 1 saturated heterocycles. The van der Waals surface area contributed by atoms with Crippen molar-refractivity contribution in [3.8, 4) is 5.75 Å². The van der Waals surface area contributed by atoms with Crippen molar-refractivity contribution in [1.82, 2.24) is 0 Å². The predicted molar refractivity (Wildman–Crippen MR) is 79.0 cm³/mol. The van der Waals surface area contributed by atoms with E-state index in [1.807, 2.05) is 12.1 Å². The Kier molecular flexibility index (Phi) is 4.53. The third-order valence-corrected chi connectivity index (χ3v) is 6.52. The molecule has 1 fully saturated rings. The summed E-state index contributed by atoms with van der Waals surface area (Å²) in [5.74, 6) is 0.963. The quantitative estimate of drug-likeness (QED) is 0.911. The highest BCUT2D eigenvalue weighted by Gasteiger charge is 2.34. The molecule has 0 spiro atoms. The maximum Gasteiger partial charge on any atom is 0.155 e. The van der Waals surface area contributed by atoms with Crippen LogP contribution in [-0.2, 0) is 9.84 Å². The lowest BCUT2D eigenvalue weighted by molar-refractivity contribution is 0.411. The Morgan fingerprint density at radius 2 is 2.16 bits per heavy atom. The number of ether oxygens (including phenoxy) is 1. The van der Waals surface area contributed by atoms with Crippen LogP contribution in [0.4, 0.5) is 0 Å². The van der Waals surface area contributed by atoms with Gasteiger partial charge in [0, 0.05) is 6.04 Å². The van der Waals surface area contributed by atoms with Gasteiger partial charge in [-0.25, -0.2) is 8.42 Å². The molecule has 0 radical (unpaired) electrons. The van der Waals surface area contributed by atoms with Crippen LogP contribution < -0.4 is 10.5 Å². The summed E-state index contributed by atoms with van der Waals surface area (Å²) in [6.07, 6.45) is 2.32. The minimum absolute atomic E-state index is 0.253. The van der Waals surface area contributed by atoms with Crippen molar-refractivity contribution in [2.45, 2.75) is 30.6 Å². The standard InChI is InChI=1S/C13H18BrNO3S/c1-18-11-6-5-9(8-10(11)14)13(15)12-4-2-3-7-19(12,16)17/h5-6,8,12-13H,2-4,7,15H2,1H3. The van der Waals surface area contributed by atoms with Crippen molar-refractivity contribution in [2.24, 2.45) is 5.73 Å². The molecule has 0 bridgehead atoms. The van der Waals surface area contributed by atoms with Gasteiger partial charge in [-0.2, -0.15) is 0 Å². The molecule has 1 heterocycles. The summed E-state index contributed by atoms with van der Waals surface area (Å²) in [6.45, 7) is 0. The normalized spacial score (nSPS) is 23.8. The average molecular weight is 348 g/mol. The van der Waals surface area contributed by atoms with E-state index in [1.165, 1.54) is 0 Å². The highest BCUT2D eigenvalue weighted by atomic mass is 79.9. The van der Waals surface area contributed by atoms with Crippen LogP contribution in [0.5, 0.6) is 5.75 Å². The summed E-state index contributed by atoms with van der Waals surface area (Å²) >= 11 is 3.40.